The lowest BCUT2D eigenvalue weighted by molar-refractivity contribution is -0.146. The van der Waals surface area contributed by atoms with Crippen molar-refractivity contribution < 1.29 is 28.6 Å². The van der Waals surface area contributed by atoms with Gasteiger partial charge in [-0.15, -0.1) is 0 Å². The molecule has 2 aromatic rings. The van der Waals surface area contributed by atoms with Crippen molar-refractivity contribution in [2.45, 2.75) is 59.8 Å². The van der Waals surface area contributed by atoms with Crippen molar-refractivity contribution in [2.24, 2.45) is 5.92 Å². The van der Waals surface area contributed by atoms with Gasteiger partial charge in [-0.2, -0.15) is 0 Å². The predicted molar refractivity (Wildman–Crippen MR) is 143 cm³/mol. The van der Waals surface area contributed by atoms with Gasteiger partial charge in [0.05, 0.1) is 12.7 Å². The average molecular weight is 512 g/mol. The van der Waals surface area contributed by atoms with E-state index in [-0.39, 0.29) is 17.3 Å². The Hall–Kier alpha value is -3.48. The maximum atomic E-state index is 13.4. The van der Waals surface area contributed by atoms with Crippen LogP contribution in [0.2, 0.25) is 0 Å². The standard InChI is InChI=1S/C27H30FNO5.C3H8/c1-4-5-21(25(30)27(32)33)22-16-23(24(34-3)14-17(22)2)26(31)29-12-10-19(11-13-29)15-18-6-8-20(28)9-7-18;1-3-2/h5-9,14,16,19H,4,10-13,15H2,1-3H3,(H,32,33);3H2,1-2H3/b21-5+;. The molecule has 0 aliphatic carbocycles. The van der Waals surface area contributed by atoms with E-state index < -0.39 is 11.8 Å². The van der Waals surface area contributed by atoms with Crippen LogP contribution in [0.4, 0.5) is 4.39 Å². The summed E-state index contributed by atoms with van der Waals surface area (Å²) in [6, 6.07) is 9.76. The molecule has 37 heavy (non-hydrogen) atoms. The van der Waals surface area contributed by atoms with Crippen LogP contribution in [-0.2, 0) is 16.0 Å². The van der Waals surface area contributed by atoms with Crippen LogP contribution in [0.1, 0.15) is 73.5 Å². The van der Waals surface area contributed by atoms with Crippen LogP contribution in [-0.4, -0.2) is 47.9 Å². The third-order valence-electron chi connectivity index (χ3n) is 6.25. The molecule has 0 spiro atoms. The number of carbonyl (C=O) groups is 3. The molecule has 0 bridgehead atoms. The van der Waals surface area contributed by atoms with E-state index >= 15 is 0 Å². The predicted octanol–water partition coefficient (Wildman–Crippen LogP) is 6.10. The molecule has 0 atom stereocenters. The fraction of sp³-hybridized carbons (Fsp3) is 0.433. The molecule has 1 saturated heterocycles. The number of carbonyl (C=O) groups excluding carboxylic acids is 2. The van der Waals surface area contributed by atoms with Gasteiger partial charge in [0.1, 0.15) is 11.6 Å². The molecule has 1 fully saturated rings. The van der Waals surface area contributed by atoms with E-state index in [1.54, 1.807) is 42.2 Å². The number of methoxy groups -OCH3 is 1. The summed E-state index contributed by atoms with van der Waals surface area (Å²) >= 11 is 0. The molecule has 2 aromatic carbocycles. The highest BCUT2D eigenvalue weighted by atomic mass is 19.1. The number of carboxylic acid groups (broad SMARTS) is 1. The number of ether oxygens (including phenoxy) is 1. The summed E-state index contributed by atoms with van der Waals surface area (Å²) in [5.74, 6) is -2.22. The van der Waals surface area contributed by atoms with Crippen molar-refractivity contribution in [1.29, 1.82) is 0 Å². The van der Waals surface area contributed by atoms with Crippen LogP contribution < -0.4 is 4.74 Å². The van der Waals surface area contributed by atoms with E-state index in [9.17, 15) is 23.9 Å². The third kappa shape index (κ3) is 8.00. The van der Waals surface area contributed by atoms with Gasteiger partial charge in [-0.3, -0.25) is 9.59 Å². The zero-order chi connectivity index (χ0) is 27.5. The van der Waals surface area contributed by atoms with Gasteiger partial charge in [0, 0.05) is 18.7 Å². The Morgan fingerprint density at radius 1 is 1.05 bits per heavy atom. The number of ketones is 1. The lowest BCUT2D eigenvalue weighted by Crippen LogP contribution is -2.39. The quantitative estimate of drug-likeness (QED) is 0.342. The summed E-state index contributed by atoms with van der Waals surface area (Å²) < 4.78 is 18.6. The van der Waals surface area contributed by atoms with Gasteiger partial charge in [0.25, 0.3) is 11.7 Å². The first kappa shape index (κ1) is 29.7. The molecule has 200 valence electrons. The van der Waals surface area contributed by atoms with E-state index in [2.05, 4.69) is 13.8 Å². The molecule has 0 aromatic heterocycles. The minimum Gasteiger partial charge on any atom is -0.496 e. The molecule has 1 amide bonds. The van der Waals surface area contributed by atoms with Gasteiger partial charge in [0.2, 0.25) is 0 Å². The van der Waals surface area contributed by atoms with Gasteiger partial charge >= 0.3 is 5.97 Å². The molecule has 7 heteroatoms. The first-order valence-corrected chi connectivity index (χ1v) is 12.9. The Bertz CT molecular complexity index is 1120. The Labute approximate surface area is 219 Å². The van der Waals surface area contributed by atoms with Gasteiger partial charge < -0.3 is 14.7 Å². The Morgan fingerprint density at radius 2 is 1.65 bits per heavy atom. The molecular weight excluding hydrogens is 473 g/mol. The van der Waals surface area contributed by atoms with Crippen molar-refractivity contribution >= 4 is 23.2 Å². The molecule has 1 heterocycles. The minimum atomic E-state index is -1.54. The molecule has 1 aliphatic rings. The number of aryl methyl sites for hydroxylation is 1. The molecule has 1 aliphatic heterocycles. The zero-order valence-corrected chi connectivity index (χ0v) is 22.5. The summed E-state index contributed by atoms with van der Waals surface area (Å²) in [5.41, 5.74) is 2.53. The van der Waals surface area contributed by atoms with Gasteiger partial charge in [-0.05, 0) is 79.5 Å². The SMILES string of the molecule is CC/C=C(/C(=O)C(=O)O)c1cc(C(=O)N2CCC(Cc3ccc(F)cc3)CC2)c(OC)cc1C.CCC. The van der Waals surface area contributed by atoms with Gasteiger partial charge in [0.15, 0.2) is 0 Å². The molecule has 0 saturated carbocycles. The summed E-state index contributed by atoms with van der Waals surface area (Å²) in [7, 11) is 1.48. The Morgan fingerprint density at radius 3 is 2.16 bits per heavy atom. The second-order valence-electron chi connectivity index (χ2n) is 9.30. The zero-order valence-electron chi connectivity index (χ0n) is 22.5. The number of carboxylic acids is 1. The Balaban J connectivity index is 0.00000153. The number of Topliss-reactive ketones (excluding diaryl/α,β-unsaturated/α-hetero) is 1. The number of hydrogen-bond donors (Lipinski definition) is 1. The number of likely N-dealkylation sites (tertiary alicyclic amines) is 1. The topological polar surface area (TPSA) is 83.9 Å². The van der Waals surface area contributed by atoms with Crippen molar-refractivity contribution in [3.63, 3.8) is 0 Å². The van der Waals surface area contributed by atoms with E-state index in [1.807, 2.05) is 6.92 Å². The van der Waals surface area contributed by atoms with E-state index in [0.717, 1.165) is 24.8 Å². The first-order chi connectivity index (χ1) is 17.7. The van der Waals surface area contributed by atoms with Gasteiger partial charge in [-0.1, -0.05) is 45.4 Å². The summed E-state index contributed by atoms with van der Waals surface area (Å²) in [4.78, 5) is 38.8. The lowest BCUT2D eigenvalue weighted by Gasteiger charge is -2.32. The van der Waals surface area contributed by atoms with Crippen molar-refractivity contribution in [1.82, 2.24) is 4.90 Å². The van der Waals surface area contributed by atoms with Crippen LogP contribution in [0.25, 0.3) is 5.57 Å². The number of nitrogens with zero attached hydrogens (tertiary/aromatic N) is 1. The maximum absolute atomic E-state index is 13.4. The monoisotopic (exact) mass is 511 g/mol. The molecule has 0 radical (unpaired) electrons. The van der Waals surface area contributed by atoms with Crippen molar-refractivity contribution in [3.8, 4) is 5.75 Å². The summed E-state index contributed by atoms with van der Waals surface area (Å²) in [6.07, 6.45) is 5.78. The smallest absolute Gasteiger partial charge is 0.377 e. The molecule has 3 rings (SSSR count). The Kier molecular flexibility index (Phi) is 11.5. The summed E-state index contributed by atoms with van der Waals surface area (Å²) in [6.45, 7) is 8.97. The van der Waals surface area contributed by atoms with Crippen LogP contribution in [0, 0.1) is 18.7 Å². The van der Waals surface area contributed by atoms with E-state index in [0.29, 0.717) is 47.9 Å². The van der Waals surface area contributed by atoms with Crippen LogP contribution in [0.15, 0.2) is 42.5 Å². The summed E-state index contributed by atoms with van der Waals surface area (Å²) in [5, 5.41) is 9.25. The first-order valence-electron chi connectivity index (χ1n) is 12.9. The average Bonchev–Trinajstić information content (AvgIpc) is 2.88. The second kappa shape index (κ2) is 14.3. The van der Waals surface area contributed by atoms with Gasteiger partial charge in [-0.25, -0.2) is 9.18 Å². The maximum Gasteiger partial charge on any atom is 0.377 e. The fourth-order valence-corrected chi connectivity index (χ4v) is 4.42. The number of halogens is 1. The van der Waals surface area contributed by atoms with Crippen LogP contribution >= 0.6 is 0 Å². The highest BCUT2D eigenvalue weighted by Gasteiger charge is 2.28. The third-order valence-corrected chi connectivity index (χ3v) is 6.25. The number of piperidine rings is 1. The second-order valence-corrected chi connectivity index (χ2v) is 9.30. The molecular formula is C30H38FNO5. The number of amides is 1. The highest BCUT2D eigenvalue weighted by Crippen LogP contribution is 2.31. The number of aliphatic carboxylic acids is 1. The van der Waals surface area contributed by atoms with E-state index in [4.69, 9.17) is 4.74 Å². The normalized spacial score (nSPS) is 14.0. The van der Waals surface area contributed by atoms with Crippen LogP contribution in [0.3, 0.4) is 0 Å². The van der Waals surface area contributed by atoms with Crippen molar-refractivity contribution in [2.75, 3.05) is 20.2 Å². The molecule has 0 unspecified atom stereocenters. The number of allylic oxidation sites excluding steroid dienone is 1. The number of hydrogen-bond acceptors (Lipinski definition) is 4. The molecule has 6 nitrogen and oxygen atoms in total. The lowest BCUT2D eigenvalue weighted by atomic mass is 9.89. The molecule has 1 N–H and O–H groups in total. The number of benzene rings is 2. The van der Waals surface area contributed by atoms with Crippen molar-refractivity contribution in [3.05, 3.63) is 70.5 Å². The highest BCUT2D eigenvalue weighted by molar-refractivity contribution is 6.51. The largest absolute Gasteiger partial charge is 0.496 e. The fourth-order valence-electron chi connectivity index (χ4n) is 4.42. The number of rotatable bonds is 8. The van der Waals surface area contributed by atoms with E-state index in [1.165, 1.54) is 25.7 Å². The minimum absolute atomic E-state index is 0.0715. The van der Waals surface area contributed by atoms with Crippen LogP contribution in [0.5, 0.6) is 5.75 Å².